The zero-order chi connectivity index (χ0) is 38.7. The molecule has 0 bridgehead atoms. The Kier molecular flexibility index (Phi) is 34.3. The first-order chi connectivity index (χ1) is 25.3. The number of unbranched alkanes of at least 4 members (excludes halogenated alkanes) is 18. The Bertz CT molecular complexity index is 809. The molecule has 0 saturated carbocycles. The quantitative estimate of drug-likeness (QED) is 0.0265. The van der Waals surface area contributed by atoms with E-state index in [9.17, 15) is 19.2 Å². The summed E-state index contributed by atoms with van der Waals surface area (Å²) >= 11 is 0. The van der Waals surface area contributed by atoms with Gasteiger partial charge in [0.05, 0.1) is 26.4 Å². The van der Waals surface area contributed by atoms with Crippen molar-refractivity contribution in [2.24, 2.45) is 0 Å². The lowest BCUT2D eigenvalue weighted by molar-refractivity contribution is -0.182. The molecule has 52 heavy (non-hydrogen) atoms. The zero-order valence-corrected chi connectivity index (χ0v) is 34.2. The molecule has 0 saturated heterocycles. The molecule has 0 aliphatic heterocycles. The molecule has 0 aromatic heterocycles. The van der Waals surface area contributed by atoms with E-state index in [0.29, 0.717) is 38.5 Å². The van der Waals surface area contributed by atoms with Gasteiger partial charge in [0.1, 0.15) is 12.2 Å². The van der Waals surface area contributed by atoms with Crippen molar-refractivity contribution in [2.45, 2.75) is 218 Å². The molecule has 4 atom stereocenters. The van der Waals surface area contributed by atoms with Crippen LogP contribution in [0.2, 0.25) is 0 Å². The molecule has 0 aliphatic carbocycles. The van der Waals surface area contributed by atoms with Crippen LogP contribution in [0.1, 0.15) is 194 Å². The van der Waals surface area contributed by atoms with Gasteiger partial charge in [-0.05, 0) is 51.4 Å². The normalized spacial score (nSPS) is 13.6. The molecule has 0 amide bonds. The van der Waals surface area contributed by atoms with E-state index in [1.54, 1.807) is 14.2 Å². The minimum Gasteiger partial charge on any atom is -0.469 e. The first-order valence-electron chi connectivity index (χ1n) is 20.9. The number of hydrogen-bond acceptors (Lipinski definition) is 10. The second kappa shape index (κ2) is 35.8. The van der Waals surface area contributed by atoms with Gasteiger partial charge in [0, 0.05) is 27.1 Å². The maximum atomic E-state index is 13.3. The van der Waals surface area contributed by atoms with Gasteiger partial charge < -0.3 is 28.4 Å². The van der Waals surface area contributed by atoms with Crippen LogP contribution >= 0.6 is 0 Å². The third-order valence-corrected chi connectivity index (χ3v) is 10.00. The van der Waals surface area contributed by atoms with E-state index < -0.39 is 24.1 Å². The third kappa shape index (κ3) is 27.4. The summed E-state index contributed by atoms with van der Waals surface area (Å²) < 4.78 is 33.0. The summed E-state index contributed by atoms with van der Waals surface area (Å²) in [6, 6.07) is 0. The lowest BCUT2D eigenvalue weighted by Crippen LogP contribution is -2.39. The Morgan fingerprint density at radius 3 is 0.923 bits per heavy atom. The second-order valence-electron chi connectivity index (χ2n) is 14.3. The van der Waals surface area contributed by atoms with Crippen molar-refractivity contribution in [1.29, 1.82) is 0 Å². The summed E-state index contributed by atoms with van der Waals surface area (Å²) in [4.78, 5) is 49.4. The molecule has 306 valence electrons. The highest BCUT2D eigenvalue weighted by Crippen LogP contribution is 2.23. The summed E-state index contributed by atoms with van der Waals surface area (Å²) in [5.74, 6) is -2.28. The van der Waals surface area contributed by atoms with Crippen LogP contribution in [0.5, 0.6) is 0 Å². The summed E-state index contributed by atoms with van der Waals surface area (Å²) in [6.07, 6.45) is 24.4. The molecule has 0 fully saturated rings. The SMILES string of the molecule is CCCCCCCCC(OC(=O)C(=O)OC(CCCCCCCC)C(CCCCCCCC(=O)OC)OC)C(CCCCCCCC(=O)OC)OC. The van der Waals surface area contributed by atoms with Crippen molar-refractivity contribution in [3.8, 4) is 0 Å². The van der Waals surface area contributed by atoms with Crippen LogP contribution < -0.4 is 0 Å². The molecule has 0 spiro atoms. The summed E-state index contributed by atoms with van der Waals surface area (Å²) in [6.45, 7) is 4.39. The van der Waals surface area contributed by atoms with Crippen molar-refractivity contribution >= 4 is 23.9 Å². The summed E-state index contributed by atoms with van der Waals surface area (Å²) in [5, 5.41) is 0. The molecule has 0 heterocycles. The fraction of sp³-hybridized carbons (Fsp3) is 0.905. The predicted octanol–water partition coefficient (Wildman–Crippen LogP) is 10.1. The average molecular weight is 743 g/mol. The van der Waals surface area contributed by atoms with E-state index in [1.807, 2.05) is 0 Å². The van der Waals surface area contributed by atoms with Crippen LogP contribution in [0.25, 0.3) is 0 Å². The van der Waals surface area contributed by atoms with Gasteiger partial charge in [0.25, 0.3) is 0 Å². The number of esters is 4. The Balaban J connectivity index is 5.36. The van der Waals surface area contributed by atoms with Crippen LogP contribution in [0.15, 0.2) is 0 Å². The minimum atomic E-state index is -0.964. The lowest BCUT2D eigenvalue weighted by atomic mass is 9.99. The van der Waals surface area contributed by atoms with Crippen molar-refractivity contribution < 1.29 is 47.6 Å². The summed E-state index contributed by atoms with van der Waals surface area (Å²) in [7, 11) is 6.10. The molecule has 10 heteroatoms. The molecule has 0 aliphatic rings. The van der Waals surface area contributed by atoms with E-state index >= 15 is 0 Å². The van der Waals surface area contributed by atoms with Gasteiger partial charge in [-0.1, -0.05) is 129 Å². The maximum absolute atomic E-state index is 13.3. The highest BCUT2D eigenvalue weighted by Gasteiger charge is 2.32. The first-order valence-corrected chi connectivity index (χ1v) is 20.9. The molecule has 0 rings (SSSR count). The van der Waals surface area contributed by atoms with Crippen molar-refractivity contribution in [2.75, 3.05) is 28.4 Å². The maximum Gasteiger partial charge on any atom is 0.417 e. The Labute approximate surface area is 317 Å². The average Bonchev–Trinajstić information content (AvgIpc) is 3.15. The van der Waals surface area contributed by atoms with Gasteiger partial charge in [0.15, 0.2) is 0 Å². The van der Waals surface area contributed by atoms with E-state index in [-0.39, 0.29) is 24.1 Å². The minimum absolute atomic E-state index is 0.177. The van der Waals surface area contributed by atoms with Gasteiger partial charge in [-0.3, -0.25) is 9.59 Å². The smallest absolute Gasteiger partial charge is 0.417 e. The highest BCUT2D eigenvalue weighted by molar-refractivity contribution is 6.29. The number of methoxy groups -OCH3 is 4. The van der Waals surface area contributed by atoms with Crippen LogP contribution in [0.4, 0.5) is 0 Å². The van der Waals surface area contributed by atoms with E-state index in [4.69, 9.17) is 28.4 Å². The molecular weight excluding hydrogens is 664 g/mol. The molecule has 4 unspecified atom stereocenters. The topological polar surface area (TPSA) is 124 Å². The number of ether oxygens (including phenoxy) is 6. The van der Waals surface area contributed by atoms with E-state index in [2.05, 4.69) is 13.8 Å². The van der Waals surface area contributed by atoms with Gasteiger partial charge in [-0.15, -0.1) is 0 Å². The van der Waals surface area contributed by atoms with Crippen LogP contribution in [0, 0.1) is 0 Å². The number of hydrogen-bond donors (Lipinski definition) is 0. The van der Waals surface area contributed by atoms with Crippen molar-refractivity contribution in [3.63, 3.8) is 0 Å². The standard InChI is InChI=1S/C42H78O10/c1-7-9-11-13-17-25-31-37(35(47-3)29-23-19-15-21-27-33-39(43)49-5)51-41(45)42(46)52-38(32-26-18-14-12-10-8-2)36(48-4)30-24-20-16-22-28-34-40(44)50-6/h35-38H,7-34H2,1-6H3. The van der Waals surface area contributed by atoms with Gasteiger partial charge in [-0.2, -0.15) is 0 Å². The van der Waals surface area contributed by atoms with Crippen molar-refractivity contribution in [3.05, 3.63) is 0 Å². The van der Waals surface area contributed by atoms with Crippen LogP contribution in [0.3, 0.4) is 0 Å². The highest BCUT2D eigenvalue weighted by atomic mass is 16.6. The third-order valence-electron chi connectivity index (χ3n) is 10.00. The van der Waals surface area contributed by atoms with Crippen molar-refractivity contribution in [1.82, 2.24) is 0 Å². The van der Waals surface area contributed by atoms with E-state index in [1.165, 1.54) is 52.7 Å². The predicted molar refractivity (Wildman–Crippen MR) is 206 cm³/mol. The Morgan fingerprint density at radius 2 is 0.635 bits per heavy atom. The molecule has 0 N–H and O–H groups in total. The fourth-order valence-corrected chi connectivity index (χ4v) is 6.67. The monoisotopic (exact) mass is 743 g/mol. The summed E-state index contributed by atoms with van der Waals surface area (Å²) in [5.41, 5.74) is 0. The fourth-order valence-electron chi connectivity index (χ4n) is 6.67. The number of carbonyl (C=O) groups excluding carboxylic acids is 4. The number of rotatable bonds is 36. The molecular formula is C42H78O10. The molecule has 0 aromatic carbocycles. The van der Waals surface area contributed by atoms with Crippen LogP contribution in [-0.2, 0) is 47.6 Å². The molecule has 0 radical (unpaired) electrons. The Morgan fingerprint density at radius 1 is 0.365 bits per heavy atom. The lowest BCUT2D eigenvalue weighted by Gasteiger charge is -2.28. The Hall–Kier alpha value is -2.20. The van der Waals surface area contributed by atoms with Gasteiger partial charge in [-0.25, -0.2) is 9.59 Å². The van der Waals surface area contributed by atoms with Crippen LogP contribution in [-0.4, -0.2) is 76.7 Å². The van der Waals surface area contributed by atoms with E-state index in [0.717, 1.165) is 103 Å². The first kappa shape index (κ1) is 49.8. The number of carbonyl (C=O) groups is 4. The van der Waals surface area contributed by atoms with Gasteiger partial charge in [0.2, 0.25) is 0 Å². The van der Waals surface area contributed by atoms with Gasteiger partial charge >= 0.3 is 23.9 Å². The second-order valence-corrected chi connectivity index (χ2v) is 14.3. The zero-order valence-electron chi connectivity index (χ0n) is 34.2. The molecule has 10 nitrogen and oxygen atoms in total. The molecule has 0 aromatic rings. The largest absolute Gasteiger partial charge is 0.469 e.